The van der Waals surface area contributed by atoms with Crippen LogP contribution in [0.25, 0.3) is 0 Å². The van der Waals surface area contributed by atoms with Gasteiger partial charge in [-0.15, -0.1) is 0 Å². The molecule has 3 heterocycles. The Hall–Kier alpha value is -4.42. The maximum absolute atomic E-state index is 13.9. The second-order valence-corrected chi connectivity index (χ2v) is 12.3. The van der Waals surface area contributed by atoms with Gasteiger partial charge in [0.25, 0.3) is 23.6 Å². The third-order valence-corrected chi connectivity index (χ3v) is 8.62. The molecule has 0 N–H and O–H groups in total. The first-order valence-electron chi connectivity index (χ1n) is 15.7. The maximum Gasteiger partial charge on any atom is 0.262 e. The predicted molar refractivity (Wildman–Crippen MR) is 166 cm³/mol. The summed E-state index contributed by atoms with van der Waals surface area (Å²) in [5, 5.41) is 0. The van der Waals surface area contributed by atoms with Crippen LogP contribution in [0.3, 0.4) is 0 Å². The molecule has 0 spiro atoms. The second kappa shape index (κ2) is 13.9. The van der Waals surface area contributed by atoms with Gasteiger partial charge < -0.3 is 19.3 Å². The topological polar surface area (TPSA) is 134 Å². The number of rotatable bonds is 6. The molecule has 3 aliphatic rings. The summed E-state index contributed by atoms with van der Waals surface area (Å²) in [5.74, 6) is -3.36. The minimum atomic E-state index is -0.997. The van der Waals surface area contributed by atoms with Gasteiger partial charge >= 0.3 is 0 Å². The van der Waals surface area contributed by atoms with E-state index in [4.69, 9.17) is 9.47 Å². The summed E-state index contributed by atoms with van der Waals surface area (Å²) in [6.07, 6.45) is 0. The quantitative estimate of drug-likeness (QED) is 0.443. The largest absolute Gasteiger partial charge is 0.378 e. The van der Waals surface area contributed by atoms with Crippen molar-refractivity contribution in [1.82, 2.24) is 19.6 Å². The number of benzene rings is 2. The van der Waals surface area contributed by atoms with E-state index in [1.165, 1.54) is 0 Å². The minimum Gasteiger partial charge on any atom is -0.378 e. The number of nitrogens with zero attached hydrogens (tertiary/aromatic N) is 4. The molecule has 3 aliphatic heterocycles. The highest BCUT2D eigenvalue weighted by atomic mass is 16.5. The standard InChI is InChI=1S/C34H40N4O8/c1-21(2)27(37-29(39)23-9-5-6-10-24(23)30(37)40)33(43)35-13-17-45-19-15-36(16-20-46-18-14-35)34(44)28(22(3)4)38-31(41)25-11-7-8-12-26(25)32(38)42/h5-12,21-22,27-28H,13-20H2,1-4H3/t27-,28+. The molecule has 12 nitrogen and oxygen atoms in total. The van der Waals surface area contributed by atoms with Gasteiger partial charge in [0.15, 0.2) is 0 Å². The van der Waals surface area contributed by atoms with Gasteiger partial charge in [0, 0.05) is 26.2 Å². The molecule has 1 fully saturated rings. The lowest BCUT2D eigenvalue weighted by atomic mass is 10.0. The number of carbonyl (C=O) groups is 6. The van der Waals surface area contributed by atoms with Crippen LogP contribution in [0.2, 0.25) is 0 Å². The van der Waals surface area contributed by atoms with E-state index in [2.05, 4.69) is 0 Å². The number of ether oxygens (including phenoxy) is 2. The van der Waals surface area contributed by atoms with Crippen LogP contribution in [-0.4, -0.2) is 120 Å². The molecule has 5 rings (SSSR count). The third kappa shape index (κ3) is 6.19. The van der Waals surface area contributed by atoms with Crippen molar-refractivity contribution >= 4 is 35.4 Å². The van der Waals surface area contributed by atoms with Crippen LogP contribution in [0.5, 0.6) is 0 Å². The Morgan fingerprint density at radius 1 is 0.522 bits per heavy atom. The van der Waals surface area contributed by atoms with Gasteiger partial charge in [0.05, 0.1) is 48.7 Å². The zero-order valence-electron chi connectivity index (χ0n) is 26.6. The summed E-state index contributed by atoms with van der Waals surface area (Å²) in [6, 6.07) is 11.1. The van der Waals surface area contributed by atoms with Crippen molar-refractivity contribution in [3.05, 3.63) is 70.8 Å². The van der Waals surface area contributed by atoms with E-state index >= 15 is 0 Å². The molecule has 2 atom stereocenters. The van der Waals surface area contributed by atoms with Crippen molar-refractivity contribution in [3.63, 3.8) is 0 Å². The number of hydrogen-bond acceptors (Lipinski definition) is 8. The molecule has 6 amide bonds. The van der Waals surface area contributed by atoms with Crippen LogP contribution < -0.4 is 0 Å². The summed E-state index contributed by atoms with van der Waals surface area (Å²) in [6.45, 7) is 8.53. The van der Waals surface area contributed by atoms with Crippen LogP contribution in [0.1, 0.15) is 69.1 Å². The van der Waals surface area contributed by atoms with Gasteiger partial charge in [-0.2, -0.15) is 0 Å². The Morgan fingerprint density at radius 3 is 1.02 bits per heavy atom. The first kappa shape index (κ1) is 33.0. The lowest BCUT2D eigenvalue weighted by Gasteiger charge is -2.35. The monoisotopic (exact) mass is 632 g/mol. The van der Waals surface area contributed by atoms with Gasteiger partial charge in [-0.1, -0.05) is 52.0 Å². The molecule has 244 valence electrons. The van der Waals surface area contributed by atoms with Crippen molar-refractivity contribution in [3.8, 4) is 0 Å². The Kier molecular flexibility index (Phi) is 9.97. The molecule has 0 radical (unpaired) electrons. The summed E-state index contributed by atoms with van der Waals surface area (Å²) in [7, 11) is 0. The predicted octanol–water partition coefficient (Wildman–Crippen LogP) is 2.33. The highest BCUT2D eigenvalue weighted by Gasteiger charge is 2.46. The van der Waals surface area contributed by atoms with Crippen LogP contribution in [0.15, 0.2) is 48.5 Å². The fraction of sp³-hybridized carbons (Fsp3) is 0.471. The molecule has 1 saturated heterocycles. The van der Waals surface area contributed by atoms with E-state index in [0.29, 0.717) is 0 Å². The fourth-order valence-electron chi connectivity index (χ4n) is 6.25. The fourth-order valence-corrected chi connectivity index (χ4v) is 6.25. The summed E-state index contributed by atoms with van der Waals surface area (Å²) in [4.78, 5) is 85.9. The smallest absolute Gasteiger partial charge is 0.262 e. The van der Waals surface area contributed by atoms with Crippen LogP contribution in [-0.2, 0) is 19.1 Å². The summed E-state index contributed by atoms with van der Waals surface area (Å²) < 4.78 is 11.7. The van der Waals surface area contributed by atoms with E-state index < -0.39 is 35.7 Å². The van der Waals surface area contributed by atoms with Gasteiger partial charge in [-0.05, 0) is 36.1 Å². The van der Waals surface area contributed by atoms with Crippen molar-refractivity contribution in [2.45, 2.75) is 39.8 Å². The Balaban J connectivity index is 1.24. The number of fused-ring (bicyclic) bond motifs is 2. The first-order valence-corrected chi connectivity index (χ1v) is 15.7. The van der Waals surface area contributed by atoms with Crippen molar-refractivity contribution in [1.29, 1.82) is 0 Å². The maximum atomic E-state index is 13.9. The lowest BCUT2D eigenvalue weighted by molar-refractivity contribution is -0.140. The lowest BCUT2D eigenvalue weighted by Crippen LogP contribution is -2.55. The molecule has 0 saturated carbocycles. The zero-order chi connectivity index (χ0) is 33.1. The molecule has 46 heavy (non-hydrogen) atoms. The zero-order valence-corrected chi connectivity index (χ0v) is 26.6. The average Bonchev–Trinajstić information content (AvgIpc) is 3.42. The molecule has 2 aromatic rings. The number of carbonyl (C=O) groups excluding carboxylic acids is 6. The van der Waals surface area contributed by atoms with Gasteiger partial charge in [0.1, 0.15) is 12.1 Å². The number of imide groups is 2. The number of hydrogen-bond donors (Lipinski definition) is 0. The van der Waals surface area contributed by atoms with Crippen LogP contribution in [0, 0.1) is 11.8 Å². The molecule has 0 aromatic heterocycles. The molecular formula is C34H40N4O8. The van der Waals surface area contributed by atoms with Crippen molar-refractivity contribution in [2.75, 3.05) is 52.6 Å². The molecule has 2 aromatic carbocycles. The van der Waals surface area contributed by atoms with Crippen LogP contribution >= 0.6 is 0 Å². The van der Waals surface area contributed by atoms with Crippen LogP contribution in [0.4, 0.5) is 0 Å². The normalized spacial score (nSPS) is 19.3. The molecule has 0 unspecified atom stereocenters. The van der Waals surface area contributed by atoms with Crippen molar-refractivity contribution in [2.24, 2.45) is 11.8 Å². The van der Waals surface area contributed by atoms with Gasteiger partial charge in [0.2, 0.25) is 11.8 Å². The molecule has 0 aliphatic carbocycles. The SMILES string of the molecule is CC(C)[C@@H](C(=O)N1CCOCCN(C(=O)[C@@H](C(C)C)N2C(=O)c3ccccc3C2=O)CCOCC1)N1C(=O)c2ccccc2C1=O. The van der Waals surface area contributed by atoms with E-state index in [1.807, 2.05) is 0 Å². The van der Waals surface area contributed by atoms with Gasteiger partial charge in [-0.3, -0.25) is 38.6 Å². The average molecular weight is 633 g/mol. The van der Waals surface area contributed by atoms with Crippen molar-refractivity contribution < 1.29 is 38.2 Å². The third-order valence-electron chi connectivity index (χ3n) is 8.62. The Morgan fingerprint density at radius 2 is 0.783 bits per heavy atom. The Bertz CT molecular complexity index is 1340. The highest BCUT2D eigenvalue weighted by Crippen LogP contribution is 2.29. The molecule has 0 bridgehead atoms. The van der Waals surface area contributed by atoms with E-state index in [1.54, 1.807) is 86.0 Å². The second-order valence-electron chi connectivity index (χ2n) is 12.3. The molecular weight excluding hydrogens is 592 g/mol. The van der Waals surface area contributed by atoms with E-state index in [0.717, 1.165) is 9.80 Å². The summed E-state index contributed by atoms with van der Waals surface area (Å²) in [5.41, 5.74) is 1.14. The Labute approximate surface area is 268 Å². The van der Waals surface area contributed by atoms with E-state index in [-0.39, 0.29) is 98.5 Å². The highest BCUT2D eigenvalue weighted by molar-refractivity contribution is 6.23. The van der Waals surface area contributed by atoms with E-state index in [9.17, 15) is 28.8 Å². The van der Waals surface area contributed by atoms with Gasteiger partial charge in [-0.25, -0.2) is 0 Å². The number of amides is 6. The minimum absolute atomic E-state index is 0.146. The molecule has 12 heteroatoms. The first-order chi connectivity index (χ1) is 22.0. The summed E-state index contributed by atoms with van der Waals surface area (Å²) >= 11 is 0.